The molecule has 33 heavy (non-hydrogen) atoms. The molecule has 0 spiro atoms. The van der Waals surface area contributed by atoms with E-state index in [0.29, 0.717) is 18.4 Å². The van der Waals surface area contributed by atoms with Gasteiger partial charge in [-0.3, -0.25) is 14.5 Å². The van der Waals surface area contributed by atoms with Crippen LogP contribution in [0.1, 0.15) is 24.1 Å². The molecule has 1 amide bonds. The number of ether oxygens (including phenoxy) is 1. The summed E-state index contributed by atoms with van der Waals surface area (Å²) in [6.07, 6.45) is 0. The van der Waals surface area contributed by atoms with Gasteiger partial charge in [0.1, 0.15) is 29.0 Å². The highest BCUT2D eigenvalue weighted by atomic mass is 19.1. The summed E-state index contributed by atoms with van der Waals surface area (Å²) in [7, 11) is 0. The molecule has 0 saturated carbocycles. The first-order chi connectivity index (χ1) is 15.8. The van der Waals surface area contributed by atoms with Gasteiger partial charge in [-0.15, -0.1) is 0 Å². The van der Waals surface area contributed by atoms with Crippen molar-refractivity contribution >= 4 is 23.1 Å². The van der Waals surface area contributed by atoms with E-state index >= 15 is 0 Å². The van der Waals surface area contributed by atoms with Crippen LogP contribution >= 0.6 is 0 Å². The Morgan fingerprint density at radius 3 is 2.18 bits per heavy atom. The maximum Gasteiger partial charge on any atom is 0.300 e. The minimum absolute atomic E-state index is 0.225. The second kappa shape index (κ2) is 8.82. The van der Waals surface area contributed by atoms with Crippen LogP contribution < -0.4 is 9.64 Å². The molecule has 1 aliphatic rings. The summed E-state index contributed by atoms with van der Waals surface area (Å²) in [4.78, 5) is 26.8. The Morgan fingerprint density at radius 1 is 0.939 bits per heavy atom. The van der Waals surface area contributed by atoms with E-state index in [0.717, 1.165) is 29.2 Å². The van der Waals surface area contributed by atoms with Crippen LogP contribution in [-0.2, 0) is 9.59 Å². The molecule has 8 heteroatoms. The summed E-state index contributed by atoms with van der Waals surface area (Å²) in [5.41, 5.74) is -0.173. The lowest BCUT2D eigenvalue weighted by Crippen LogP contribution is -2.30. The number of carbonyl (C=O) groups excluding carboxylic acids is 2. The van der Waals surface area contributed by atoms with E-state index in [2.05, 4.69) is 0 Å². The molecule has 0 aromatic heterocycles. The number of carbonyl (C=O) groups is 2. The van der Waals surface area contributed by atoms with Crippen molar-refractivity contribution in [3.05, 3.63) is 101 Å². The Hall–Kier alpha value is -4.07. The molecule has 0 radical (unpaired) electrons. The topological polar surface area (TPSA) is 66.8 Å². The van der Waals surface area contributed by atoms with Crippen LogP contribution in [0, 0.1) is 17.5 Å². The number of ketones is 1. The molecule has 1 N–H and O–H groups in total. The Balaban J connectivity index is 1.91. The molecule has 1 fully saturated rings. The van der Waals surface area contributed by atoms with Crippen LogP contribution in [0.3, 0.4) is 0 Å². The molecule has 1 heterocycles. The van der Waals surface area contributed by atoms with E-state index in [1.54, 1.807) is 12.1 Å². The van der Waals surface area contributed by atoms with Crippen molar-refractivity contribution in [1.82, 2.24) is 0 Å². The van der Waals surface area contributed by atoms with Crippen LogP contribution in [0.5, 0.6) is 5.75 Å². The summed E-state index contributed by atoms with van der Waals surface area (Å²) in [5, 5.41) is 11.0. The number of amides is 1. The van der Waals surface area contributed by atoms with E-state index in [-0.39, 0.29) is 22.4 Å². The molecular formula is C25H18F3NO4. The van der Waals surface area contributed by atoms with Crippen LogP contribution in [0.4, 0.5) is 18.9 Å². The molecule has 1 atom stereocenters. The number of halogens is 3. The van der Waals surface area contributed by atoms with E-state index in [1.165, 1.54) is 24.3 Å². The number of rotatable bonds is 5. The maximum atomic E-state index is 14.6. The average Bonchev–Trinajstić information content (AvgIpc) is 3.05. The highest BCUT2D eigenvalue weighted by Crippen LogP contribution is 2.43. The number of anilines is 1. The largest absolute Gasteiger partial charge is 0.507 e. The standard InChI is InChI=1S/C25H18F3NO4/c1-2-33-18-10-5-15(6-11-18)23(30)21-22(14-3-7-16(26)8-4-14)29(25(32)24(21)31)20-12-9-17(27)13-19(20)28/h3-13,22,30H,2H2,1H3/b23-21+. The van der Waals surface area contributed by atoms with Gasteiger partial charge in [-0.1, -0.05) is 12.1 Å². The van der Waals surface area contributed by atoms with Crippen molar-refractivity contribution in [3.8, 4) is 5.75 Å². The van der Waals surface area contributed by atoms with Crippen molar-refractivity contribution in [3.63, 3.8) is 0 Å². The van der Waals surface area contributed by atoms with E-state index in [9.17, 15) is 27.9 Å². The third-order valence-corrected chi connectivity index (χ3v) is 5.24. The maximum absolute atomic E-state index is 14.6. The zero-order chi connectivity index (χ0) is 23.7. The van der Waals surface area contributed by atoms with Gasteiger partial charge < -0.3 is 9.84 Å². The molecule has 1 unspecified atom stereocenters. The lowest BCUT2D eigenvalue weighted by atomic mass is 9.95. The number of hydrogen-bond acceptors (Lipinski definition) is 4. The monoisotopic (exact) mass is 453 g/mol. The summed E-state index contributed by atoms with van der Waals surface area (Å²) in [6.45, 7) is 2.25. The van der Waals surface area contributed by atoms with Crippen LogP contribution in [0.15, 0.2) is 72.3 Å². The van der Waals surface area contributed by atoms with Gasteiger partial charge in [-0.05, 0) is 61.0 Å². The van der Waals surface area contributed by atoms with Gasteiger partial charge in [0.15, 0.2) is 0 Å². The first-order valence-corrected chi connectivity index (χ1v) is 10.1. The van der Waals surface area contributed by atoms with Gasteiger partial charge >= 0.3 is 0 Å². The third kappa shape index (κ3) is 4.07. The molecule has 1 saturated heterocycles. The molecule has 0 aliphatic carbocycles. The highest BCUT2D eigenvalue weighted by Gasteiger charge is 2.47. The van der Waals surface area contributed by atoms with Crippen molar-refractivity contribution in [2.45, 2.75) is 13.0 Å². The molecule has 3 aromatic carbocycles. The van der Waals surface area contributed by atoms with Crippen molar-refractivity contribution in [2.75, 3.05) is 11.5 Å². The zero-order valence-corrected chi connectivity index (χ0v) is 17.4. The van der Waals surface area contributed by atoms with E-state index < -0.39 is 40.9 Å². The van der Waals surface area contributed by atoms with Gasteiger partial charge in [0.25, 0.3) is 11.7 Å². The third-order valence-electron chi connectivity index (χ3n) is 5.24. The summed E-state index contributed by atoms with van der Waals surface area (Å²) < 4.78 is 47.0. The Bertz CT molecular complexity index is 1250. The van der Waals surface area contributed by atoms with Gasteiger partial charge in [-0.25, -0.2) is 13.2 Å². The minimum atomic E-state index is -1.27. The van der Waals surface area contributed by atoms with Crippen molar-refractivity contribution < 1.29 is 32.6 Å². The first kappa shape index (κ1) is 22.1. The average molecular weight is 453 g/mol. The minimum Gasteiger partial charge on any atom is -0.507 e. The van der Waals surface area contributed by atoms with Gasteiger partial charge in [0, 0.05) is 11.6 Å². The fourth-order valence-electron chi connectivity index (χ4n) is 3.75. The molecular weight excluding hydrogens is 435 g/mol. The number of aliphatic hydroxyl groups is 1. The second-order valence-corrected chi connectivity index (χ2v) is 7.27. The Labute approximate surface area is 187 Å². The molecule has 1 aliphatic heterocycles. The van der Waals surface area contributed by atoms with Crippen molar-refractivity contribution in [2.24, 2.45) is 0 Å². The van der Waals surface area contributed by atoms with Crippen LogP contribution in [0.25, 0.3) is 5.76 Å². The predicted octanol–water partition coefficient (Wildman–Crippen LogP) is 5.13. The predicted molar refractivity (Wildman–Crippen MR) is 115 cm³/mol. The molecule has 5 nitrogen and oxygen atoms in total. The van der Waals surface area contributed by atoms with E-state index in [4.69, 9.17) is 4.74 Å². The van der Waals surface area contributed by atoms with Crippen molar-refractivity contribution in [1.29, 1.82) is 0 Å². The fraction of sp³-hybridized carbons (Fsp3) is 0.120. The highest BCUT2D eigenvalue weighted by molar-refractivity contribution is 6.51. The Morgan fingerprint density at radius 2 is 1.58 bits per heavy atom. The molecule has 4 rings (SSSR count). The zero-order valence-electron chi connectivity index (χ0n) is 17.4. The lowest BCUT2D eigenvalue weighted by Gasteiger charge is -2.25. The quantitative estimate of drug-likeness (QED) is 0.331. The Kier molecular flexibility index (Phi) is 5.91. The summed E-state index contributed by atoms with van der Waals surface area (Å²) in [5.74, 6) is -4.60. The number of aliphatic hydroxyl groups excluding tert-OH is 1. The number of nitrogens with zero attached hydrogens (tertiary/aromatic N) is 1. The fourth-order valence-corrected chi connectivity index (χ4v) is 3.75. The van der Waals surface area contributed by atoms with Gasteiger partial charge in [-0.2, -0.15) is 0 Å². The van der Waals surface area contributed by atoms with Crippen LogP contribution in [-0.4, -0.2) is 23.4 Å². The normalized spacial score (nSPS) is 17.5. The number of hydrogen-bond donors (Lipinski definition) is 1. The summed E-state index contributed by atoms with van der Waals surface area (Å²) >= 11 is 0. The number of benzene rings is 3. The summed E-state index contributed by atoms with van der Waals surface area (Å²) in [6, 6.07) is 12.4. The number of Topliss-reactive ketones (excluding diaryl/α,β-unsaturated/α-hetero) is 1. The van der Waals surface area contributed by atoms with Gasteiger partial charge in [0.2, 0.25) is 0 Å². The van der Waals surface area contributed by atoms with Gasteiger partial charge in [0.05, 0.1) is 23.9 Å². The smallest absolute Gasteiger partial charge is 0.300 e. The first-order valence-electron chi connectivity index (χ1n) is 10.1. The molecule has 168 valence electrons. The van der Waals surface area contributed by atoms with Crippen LogP contribution in [0.2, 0.25) is 0 Å². The SMILES string of the molecule is CCOc1ccc(/C(O)=C2\C(=O)C(=O)N(c3ccc(F)cc3F)C2c2ccc(F)cc2)cc1. The lowest BCUT2D eigenvalue weighted by molar-refractivity contribution is -0.132. The molecule has 0 bridgehead atoms. The molecule has 3 aromatic rings. The van der Waals surface area contributed by atoms with E-state index in [1.807, 2.05) is 6.92 Å². The second-order valence-electron chi connectivity index (χ2n) is 7.27.